The Morgan fingerprint density at radius 3 is 2.61 bits per heavy atom. The molecule has 0 aliphatic carbocycles. The fourth-order valence-corrected chi connectivity index (χ4v) is 6.09. The van der Waals surface area contributed by atoms with E-state index in [1.807, 2.05) is 18.2 Å². The number of nitrogens with zero attached hydrogens (tertiary/aromatic N) is 4. The van der Waals surface area contributed by atoms with Gasteiger partial charge in [0, 0.05) is 13.0 Å². The van der Waals surface area contributed by atoms with Crippen LogP contribution in [0.15, 0.2) is 54.6 Å². The van der Waals surface area contributed by atoms with E-state index in [-0.39, 0.29) is 61.5 Å². The Bertz CT molecular complexity index is 1530. The van der Waals surface area contributed by atoms with E-state index in [9.17, 15) is 14.5 Å². The van der Waals surface area contributed by atoms with E-state index in [0.29, 0.717) is 17.7 Å². The molecule has 13 nitrogen and oxygen atoms in total. The number of fused-ring (bicyclic) bond motifs is 1. The standard InChI is InChI=1S/C27H33N6O7P/c1-3-38-25(35)18(2)32-41(37,40-21-11-5-4-6-12-21)17-20-10-7-9-19(15-20)16-33-24-22(29-27(33)36)23(28)30-26(31-24)39-14-8-13-34/h4-7,9-12,15,18,34H,3,8,13-14,16-17H2,1-2H3,(H,29,36)(H,32,37)(H2,28,30,31). The third-order valence-electron chi connectivity index (χ3n) is 5.86. The van der Waals surface area contributed by atoms with Gasteiger partial charge in [-0.05, 0) is 37.1 Å². The lowest BCUT2D eigenvalue weighted by atomic mass is 10.1. The predicted molar refractivity (Wildman–Crippen MR) is 152 cm³/mol. The topological polar surface area (TPSA) is 184 Å². The highest BCUT2D eigenvalue weighted by Crippen LogP contribution is 2.47. The number of nitrogens with one attached hydrogen (secondary N) is 1. The Kier molecular flexibility index (Phi) is 9.77. The van der Waals surface area contributed by atoms with Gasteiger partial charge in [-0.2, -0.15) is 15.0 Å². The molecule has 41 heavy (non-hydrogen) atoms. The van der Waals surface area contributed by atoms with Gasteiger partial charge < -0.3 is 29.9 Å². The Labute approximate surface area is 236 Å². The second-order valence-corrected chi connectivity index (χ2v) is 11.2. The van der Waals surface area contributed by atoms with Crippen molar-refractivity contribution in [1.29, 1.82) is 0 Å². The number of aliphatic hydroxyl groups is 1. The quantitative estimate of drug-likeness (QED) is 0.0965. The molecule has 218 valence electrons. The summed E-state index contributed by atoms with van der Waals surface area (Å²) in [4.78, 5) is 24.8. The van der Waals surface area contributed by atoms with Crippen LogP contribution in [0.3, 0.4) is 0 Å². The number of anilines is 1. The molecule has 0 amide bonds. The lowest BCUT2D eigenvalue weighted by molar-refractivity contribution is -0.144. The average molecular weight is 585 g/mol. The normalized spacial score (nSPS) is 13.4. The lowest BCUT2D eigenvalue weighted by Gasteiger charge is -2.24. The van der Waals surface area contributed by atoms with E-state index >= 15 is 0 Å². The highest BCUT2D eigenvalue weighted by molar-refractivity contribution is 7.56. The van der Waals surface area contributed by atoms with Gasteiger partial charge in [0.1, 0.15) is 11.8 Å². The zero-order valence-corrected chi connectivity index (χ0v) is 23.7. The monoisotopic (exact) mass is 584 g/mol. The molecular weight excluding hydrogens is 551 g/mol. The van der Waals surface area contributed by atoms with Crippen LogP contribution in [0.25, 0.3) is 11.2 Å². The number of esters is 1. The van der Waals surface area contributed by atoms with Gasteiger partial charge in [-0.3, -0.25) is 13.9 Å². The summed E-state index contributed by atoms with van der Waals surface area (Å²) in [6, 6.07) is 14.7. The Balaban J connectivity index is 1.60. The molecule has 5 N–H and O–H groups in total. The number of hydrogen-bond donors (Lipinski definition) is 4. The van der Waals surface area contributed by atoms with Crippen molar-refractivity contribution < 1.29 is 33.6 Å². The molecule has 0 aliphatic heterocycles. The van der Waals surface area contributed by atoms with Crippen molar-refractivity contribution in [3.05, 3.63) is 65.7 Å². The van der Waals surface area contributed by atoms with Crippen LogP contribution >= 0.6 is 7.52 Å². The highest BCUT2D eigenvalue weighted by atomic mass is 31.2. The molecule has 0 aliphatic rings. The Morgan fingerprint density at radius 2 is 1.88 bits per heavy atom. The van der Waals surface area contributed by atoms with Gasteiger partial charge in [-0.1, -0.05) is 42.5 Å². The first-order valence-electron chi connectivity index (χ1n) is 13.0. The SMILES string of the molecule is CCOC(=O)C(C)NP(=O)(Cc1cccc(Cn2c(O)nc3c(N)nc(OCCCO)nc32)c1)Oc1ccccc1. The predicted octanol–water partition coefficient (Wildman–Crippen LogP) is 3.24. The van der Waals surface area contributed by atoms with Crippen molar-refractivity contribution in [2.24, 2.45) is 0 Å². The molecule has 2 heterocycles. The first-order valence-corrected chi connectivity index (χ1v) is 14.8. The van der Waals surface area contributed by atoms with Gasteiger partial charge in [0.25, 0.3) is 6.01 Å². The number of nitrogens with two attached hydrogens (primary N) is 1. The molecule has 4 rings (SSSR count). The maximum Gasteiger partial charge on any atom is 0.323 e. The van der Waals surface area contributed by atoms with Crippen LogP contribution in [0.2, 0.25) is 0 Å². The van der Waals surface area contributed by atoms with Gasteiger partial charge in [-0.25, -0.2) is 5.09 Å². The zero-order chi connectivity index (χ0) is 29.4. The van der Waals surface area contributed by atoms with E-state index < -0.39 is 19.5 Å². The number of benzene rings is 2. The molecule has 2 aromatic carbocycles. The van der Waals surface area contributed by atoms with E-state index in [0.717, 1.165) is 5.56 Å². The summed E-state index contributed by atoms with van der Waals surface area (Å²) >= 11 is 0. The smallest absolute Gasteiger partial charge is 0.323 e. The third-order valence-corrected chi connectivity index (χ3v) is 7.93. The van der Waals surface area contributed by atoms with E-state index in [1.165, 1.54) is 4.57 Å². The molecule has 4 aromatic rings. The minimum absolute atomic E-state index is 0.000793. The van der Waals surface area contributed by atoms with E-state index in [1.54, 1.807) is 50.2 Å². The number of carbonyl (C=O) groups excluding carboxylic acids is 1. The lowest BCUT2D eigenvalue weighted by Crippen LogP contribution is -2.34. The van der Waals surface area contributed by atoms with Crippen molar-refractivity contribution >= 4 is 30.5 Å². The first-order chi connectivity index (χ1) is 19.7. The van der Waals surface area contributed by atoms with E-state index in [4.69, 9.17) is 24.8 Å². The maximum atomic E-state index is 14.1. The number of aromatic hydroxyl groups is 1. The van der Waals surface area contributed by atoms with Crippen molar-refractivity contribution in [2.75, 3.05) is 25.6 Å². The minimum atomic E-state index is -3.65. The summed E-state index contributed by atoms with van der Waals surface area (Å²) in [5.41, 5.74) is 7.90. The van der Waals surface area contributed by atoms with Crippen LogP contribution < -0.4 is 20.1 Å². The molecule has 0 saturated carbocycles. The number of ether oxygens (including phenoxy) is 2. The van der Waals surface area contributed by atoms with Gasteiger partial charge in [0.2, 0.25) is 0 Å². The second kappa shape index (κ2) is 13.4. The van der Waals surface area contributed by atoms with Crippen molar-refractivity contribution in [1.82, 2.24) is 24.6 Å². The number of hydrogen-bond acceptors (Lipinski definition) is 11. The fourth-order valence-electron chi connectivity index (χ4n) is 4.05. The summed E-state index contributed by atoms with van der Waals surface area (Å²) < 4.78 is 32.0. The number of aliphatic hydroxyl groups excluding tert-OH is 1. The second-order valence-electron chi connectivity index (χ2n) is 9.15. The van der Waals surface area contributed by atoms with Gasteiger partial charge >= 0.3 is 19.5 Å². The molecule has 0 saturated heterocycles. The summed E-state index contributed by atoms with van der Waals surface area (Å²) in [5, 5.41) is 22.4. The Hall–Kier alpha value is -4.19. The van der Waals surface area contributed by atoms with Gasteiger partial charge in [0.15, 0.2) is 17.0 Å². The van der Waals surface area contributed by atoms with Crippen molar-refractivity contribution in [3.8, 4) is 17.8 Å². The van der Waals surface area contributed by atoms with Crippen molar-refractivity contribution in [2.45, 2.75) is 39.0 Å². The number of carbonyl (C=O) groups is 1. The fraction of sp³-hybridized carbons (Fsp3) is 0.333. The Morgan fingerprint density at radius 1 is 1.12 bits per heavy atom. The summed E-state index contributed by atoms with van der Waals surface area (Å²) in [6.07, 6.45) is 0.359. The molecular formula is C27H33N6O7P. The molecule has 0 bridgehead atoms. The van der Waals surface area contributed by atoms with Gasteiger partial charge in [0.05, 0.1) is 25.9 Å². The molecule has 14 heteroatoms. The van der Waals surface area contributed by atoms with Crippen LogP contribution in [0.5, 0.6) is 17.8 Å². The van der Waals surface area contributed by atoms with Crippen molar-refractivity contribution in [3.63, 3.8) is 0 Å². The molecule has 0 spiro atoms. The maximum absolute atomic E-state index is 14.1. The largest absolute Gasteiger partial charge is 0.480 e. The number of rotatable bonds is 14. The highest BCUT2D eigenvalue weighted by Gasteiger charge is 2.31. The molecule has 0 radical (unpaired) electrons. The minimum Gasteiger partial charge on any atom is -0.480 e. The van der Waals surface area contributed by atoms with Crippen LogP contribution in [-0.2, 0) is 26.8 Å². The summed E-state index contributed by atoms with van der Waals surface area (Å²) in [6.45, 7) is 3.75. The zero-order valence-electron chi connectivity index (χ0n) is 22.8. The number of para-hydroxylation sites is 1. The molecule has 2 aromatic heterocycles. The van der Waals surface area contributed by atoms with Crippen LogP contribution in [0, 0.1) is 0 Å². The van der Waals surface area contributed by atoms with E-state index in [2.05, 4.69) is 20.0 Å². The van der Waals surface area contributed by atoms with Crippen LogP contribution in [0.4, 0.5) is 5.82 Å². The average Bonchev–Trinajstić information content (AvgIpc) is 3.24. The number of aromatic nitrogens is 4. The molecule has 2 unspecified atom stereocenters. The number of nitrogen functional groups attached to an aromatic ring is 1. The third kappa shape index (κ3) is 7.72. The molecule has 2 atom stereocenters. The molecule has 0 fully saturated rings. The van der Waals surface area contributed by atoms with Gasteiger partial charge in [-0.15, -0.1) is 0 Å². The summed E-state index contributed by atoms with van der Waals surface area (Å²) in [7, 11) is -3.65. The van der Waals surface area contributed by atoms with Crippen LogP contribution in [-0.4, -0.2) is 61.6 Å². The van der Waals surface area contributed by atoms with Crippen LogP contribution in [0.1, 0.15) is 31.4 Å². The summed E-state index contributed by atoms with van der Waals surface area (Å²) in [5.74, 6) is -0.112. The number of imidazole rings is 1. The first kappa shape index (κ1) is 29.8.